The largest absolute Gasteiger partial charge is 0.244 e. The molecular weight excluding hydrogens is 192 g/mol. The summed E-state index contributed by atoms with van der Waals surface area (Å²) in [5, 5.41) is 12.3. The highest BCUT2D eigenvalue weighted by atomic mass is 32.1. The molecule has 0 spiro atoms. The third kappa shape index (κ3) is 1.10. The van der Waals surface area contributed by atoms with Crippen LogP contribution in [0.25, 0.3) is 0 Å². The number of thiazole rings is 1. The molecule has 1 aromatic rings. The fourth-order valence-electron chi connectivity index (χ4n) is 1.90. The van der Waals surface area contributed by atoms with Crippen LogP contribution in [0.1, 0.15) is 48.7 Å². The minimum absolute atomic E-state index is 0.174. The molecule has 2 saturated carbocycles. The van der Waals surface area contributed by atoms with Gasteiger partial charge in [0, 0.05) is 11.3 Å². The highest BCUT2D eigenvalue weighted by Crippen LogP contribution is 2.49. The zero-order chi connectivity index (χ0) is 9.60. The molecule has 2 fully saturated rings. The van der Waals surface area contributed by atoms with E-state index in [2.05, 4.69) is 16.4 Å². The van der Waals surface area contributed by atoms with E-state index in [0.717, 1.165) is 17.8 Å². The van der Waals surface area contributed by atoms with Gasteiger partial charge in [-0.05, 0) is 25.7 Å². The number of aromatic nitrogens is 1. The Morgan fingerprint density at radius 3 is 2.79 bits per heavy atom. The van der Waals surface area contributed by atoms with Gasteiger partial charge in [0.1, 0.15) is 10.4 Å². The highest BCUT2D eigenvalue weighted by Gasteiger charge is 2.47. The molecule has 3 heteroatoms. The van der Waals surface area contributed by atoms with Gasteiger partial charge < -0.3 is 0 Å². The maximum absolute atomic E-state index is 9.05. The molecule has 0 atom stereocenters. The lowest BCUT2D eigenvalue weighted by atomic mass is 9.83. The summed E-state index contributed by atoms with van der Waals surface area (Å²) in [7, 11) is 0. The molecule has 0 aliphatic heterocycles. The molecule has 3 rings (SSSR count). The molecule has 0 radical (unpaired) electrons. The molecule has 72 valence electrons. The van der Waals surface area contributed by atoms with E-state index < -0.39 is 0 Å². The standard InChI is InChI=1S/C11H12N2S/c12-7-11(4-5-11)10-13-9(6-14-10)8-2-1-3-8/h6,8H,1-5H2. The average molecular weight is 204 g/mol. The normalized spacial score (nSPS) is 23.9. The van der Waals surface area contributed by atoms with Crippen LogP contribution >= 0.6 is 11.3 Å². The predicted octanol–water partition coefficient (Wildman–Crippen LogP) is 2.97. The molecule has 0 N–H and O–H groups in total. The van der Waals surface area contributed by atoms with E-state index in [1.54, 1.807) is 11.3 Å². The van der Waals surface area contributed by atoms with E-state index in [-0.39, 0.29) is 5.41 Å². The molecule has 0 bridgehead atoms. The monoisotopic (exact) mass is 204 g/mol. The Morgan fingerprint density at radius 1 is 1.50 bits per heavy atom. The van der Waals surface area contributed by atoms with Crippen molar-refractivity contribution in [1.82, 2.24) is 4.98 Å². The van der Waals surface area contributed by atoms with Gasteiger partial charge >= 0.3 is 0 Å². The van der Waals surface area contributed by atoms with Crippen LogP contribution in [0.15, 0.2) is 5.38 Å². The van der Waals surface area contributed by atoms with Gasteiger partial charge in [-0.2, -0.15) is 5.26 Å². The van der Waals surface area contributed by atoms with Gasteiger partial charge in [-0.3, -0.25) is 0 Å². The Hall–Kier alpha value is -0.880. The Balaban J connectivity index is 1.87. The predicted molar refractivity (Wildman–Crippen MR) is 55.2 cm³/mol. The molecule has 14 heavy (non-hydrogen) atoms. The maximum atomic E-state index is 9.05. The van der Waals surface area contributed by atoms with Crippen LogP contribution in [0.5, 0.6) is 0 Å². The van der Waals surface area contributed by atoms with Gasteiger partial charge in [-0.15, -0.1) is 11.3 Å². The van der Waals surface area contributed by atoms with Gasteiger partial charge in [0.05, 0.1) is 11.8 Å². The van der Waals surface area contributed by atoms with Crippen molar-refractivity contribution >= 4 is 11.3 Å². The van der Waals surface area contributed by atoms with Crippen molar-refractivity contribution in [2.45, 2.75) is 43.4 Å². The van der Waals surface area contributed by atoms with Gasteiger partial charge in [0.2, 0.25) is 0 Å². The van der Waals surface area contributed by atoms with Crippen LogP contribution in [-0.4, -0.2) is 4.98 Å². The van der Waals surface area contributed by atoms with E-state index in [9.17, 15) is 0 Å². The fraction of sp³-hybridized carbons (Fsp3) is 0.636. The third-order valence-corrected chi connectivity index (χ3v) is 4.48. The van der Waals surface area contributed by atoms with Gasteiger partial charge in [0.15, 0.2) is 0 Å². The van der Waals surface area contributed by atoms with Crippen LogP contribution in [-0.2, 0) is 5.41 Å². The number of hydrogen-bond acceptors (Lipinski definition) is 3. The summed E-state index contributed by atoms with van der Waals surface area (Å²) in [6.07, 6.45) is 5.97. The molecule has 1 aromatic heterocycles. The summed E-state index contributed by atoms with van der Waals surface area (Å²) in [6, 6.07) is 2.40. The summed E-state index contributed by atoms with van der Waals surface area (Å²) in [5.41, 5.74) is 1.07. The second-order valence-corrected chi connectivity index (χ2v) is 5.26. The minimum atomic E-state index is -0.174. The Labute approximate surface area is 87.6 Å². The smallest absolute Gasteiger partial charge is 0.113 e. The third-order valence-electron chi connectivity index (χ3n) is 3.42. The molecule has 1 heterocycles. The van der Waals surface area contributed by atoms with Crippen molar-refractivity contribution < 1.29 is 0 Å². The second-order valence-electron chi connectivity index (χ2n) is 4.40. The summed E-state index contributed by atoms with van der Waals surface area (Å²) in [4.78, 5) is 4.63. The summed E-state index contributed by atoms with van der Waals surface area (Å²) in [5.74, 6) is 0.703. The van der Waals surface area contributed by atoms with Gasteiger partial charge in [0.25, 0.3) is 0 Å². The number of nitrogens with zero attached hydrogens (tertiary/aromatic N) is 2. The van der Waals surface area contributed by atoms with E-state index in [1.807, 2.05) is 0 Å². The molecule has 0 unspecified atom stereocenters. The Kier molecular flexibility index (Phi) is 1.69. The topological polar surface area (TPSA) is 36.7 Å². The molecule has 2 aliphatic carbocycles. The van der Waals surface area contributed by atoms with Crippen LogP contribution in [0.4, 0.5) is 0 Å². The minimum Gasteiger partial charge on any atom is -0.244 e. The second kappa shape index (κ2) is 2.80. The quantitative estimate of drug-likeness (QED) is 0.742. The van der Waals surface area contributed by atoms with Crippen molar-refractivity contribution in [3.05, 3.63) is 16.1 Å². The van der Waals surface area contributed by atoms with Crippen molar-refractivity contribution in [3.8, 4) is 6.07 Å². The first kappa shape index (κ1) is 8.43. The van der Waals surface area contributed by atoms with Crippen molar-refractivity contribution in [2.75, 3.05) is 0 Å². The van der Waals surface area contributed by atoms with E-state index in [4.69, 9.17) is 5.26 Å². The van der Waals surface area contributed by atoms with Crippen LogP contribution in [0.3, 0.4) is 0 Å². The van der Waals surface area contributed by atoms with Gasteiger partial charge in [-0.1, -0.05) is 6.42 Å². The van der Waals surface area contributed by atoms with Crippen LogP contribution in [0, 0.1) is 11.3 Å². The van der Waals surface area contributed by atoms with Crippen molar-refractivity contribution in [1.29, 1.82) is 5.26 Å². The summed E-state index contributed by atoms with van der Waals surface area (Å²) in [6.45, 7) is 0. The lowest BCUT2D eigenvalue weighted by molar-refractivity contribution is 0.412. The first-order valence-corrected chi connectivity index (χ1v) is 6.09. The summed E-state index contributed by atoms with van der Waals surface area (Å²) < 4.78 is 0. The lowest BCUT2D eigenvalue weighted by Gasteiger charge is -2.23. The molecule has 0 aromatic carbocycles. The van der Waals surface area contributed by atoms with E-state index in [0.29, 0.717) is 5.92 Å². The van der Waals surface area contributed by atoms with E-state index >= 15 is 0 Å². The van der Waals surface area contributed by atoms with Crippen molar-refractivity contribution in [2.24, 2.45) is 0 Å². The van der Waals surface area contributed by atoms with E-state index in [1.165, 1.54) is 25.0 Å². The number of hydrogen-bond donors (Lipinski definition) is 0. The molecule has 0 amide bonds. The maximum Gasteiger partial charge on any atom is 0.113 e. The Bertz CT molecular complexity index is 394. The van der Waals surface area contributed by atoms with Crippen molar-refractivity contribution in [3.63, 3.8) is 0 Å². The molecular formula is C11H12N2S. The first-order chi connectivity index (χ1) is 6.84. The zero-order valence-corrected chi connectivity index (χ0v) is 8.81. The summed E-state index contributed by atoms with van der Waals surface area (Å²) >= 11 is 1.69. The highest BCUT2D eigenvalue weighted by molar-refractivity contribution is 7.09. The molecule has 2 aliphatic rings. The number of rotatable bonds is 2. The molecule has 2 nitrogen and oxygen atoms in total. The van der Waals surface area contributed by atoms with Crippen LogP contribution in [0.2, 0.25) is 0 Å². The average Bonchev–Trinajstić information content (AvgIpc) is 2.78. The SMILES string of the molecule is N#CC1(c2nc(C3CCC3)cs2)CC1. The zero-order valence-electron chi connectivity index (χ0n) is 7.99. The fourth-order valence-corrected chi connectivity index (χ4v) is 3.01. The first-order valence-electron chi connectivity index (χ1n) is 5.21. The molecule has 0 saturated heterocycles. The van der Waals surface area contributed by atoms with Crippen LogP contribution < -0.4 is 0 Å². The lowest BCUT2D eigenvalue weighted by Crippen LogP contribution is -2.10. The van der Waals surface area contributed by atoms with Gasteiger partial charge in [-0.25, -0.2) is 4.98 Å². The Morgan fingerprint density at radius 2 is 2.29 bits per heavy atom. The number of nitriles is 1.